The van der Waals surface area contributed by atoms with Crippen LogP contribution in [0.5, 0.6) is 11.5 Å². The van der Waals surface area contributed by atoms with Crippen molar-refractivity contribution >= 4 is 0 Å². The van der Waals surface area contributed by atoms with Gasteiger partial charge in [0, 0.05) is 18.7 Å². The predicted molar refractivity (Wildman–Crippen MR) is 76.4 cm³/mol. The zero-order chi connectivity index (χ0) is 14.5. The Morgan fingerprint density at radius 2 is 2.05 bits per heavy atom. The molecule has 0 spiro atoms. The molecule has 0 radical (unpaired) electrons. The molecule has 0 aromatic heterocycles. The monoisotopic (exact) mass is 267 g/mol. The van der Waals surface area contributed by atoms with Gasteiger partial charge in [-0.25, -0.2) is 0 Å². The zero-order valence-corrected chi connectivity index (χ0v) is 12.2. The summed E-state index contributed by atoms with van der Waals surface area (Å²) in [4.78, 5) is 0. The lowest BCUT2D eigenvalue weighted by molar-refractivity contribution is 0.0139. The molecule has 1 aromatic carbocycles. The molecule has 4 nitrogen and oxygen atoms in total. The van der Waals surface area contributed by atoms with Crippen LogP contribution in [0.2, 0.25) is 0 Å². The Morgan fingerprint density at radius 3 is 2.63 bits per heavy atom. The maximum absolute atomic E-state index is 10.1. The van der Waals surface area contributed by atoms with E-state index in [1.165, 1.54) is 0 Å². The first-order valence-electron chi connectivity index (χ1n) is 6.75. The van der Waals surface area contributed by atoms with Crippen molar-refractivity contribution < 1.29 is 14.9 Å². The number of nitrogens with one attached hydrogen (secondary N) is 1. The molecule has 3 N–H and O–H groups in total. The van der Waals surface area contributed by atoms with E-state index < -0.39 is 5.60 Å². The number of hydrogen-bond donors (Lipinski definition) is 3. The van der Waals surface area contributed by atoms with Gasteiger partial charge in [-0.3, -0.25) is 0 Å². The lowest BCUT2D eigenvalue weighted by Gasteiger charge is -2.28. The fourth-order valence-electron chi connectivity index (χ4n) is 1.64. The Hall–Kier alpha value is -1.26. The summed E-state index contributed by atoms with van der Waals surface area (Å²) in [6, 6.07) is 5.43. The highest BCUT2D eigenvalue weighted by Gasteiger charge is 2.24. The number of hydrogen-bond acceptors (Lipinski definition) is 4. The summed E-state index contributed by atoms with van der Waals surface area (Å²) in [5.74, 6) is 0.835. The number of para-hydroxylation sites is 1. The Bertz CT molecular complexity index is 402. The van der Waals surface area contributed by atoms with Crippen molar-refractivity contribution in [1.29, 1.82) is 0 Å². The van der Waals surface area contributed by atoms with Crippen molar-refractivity contribution in [3.8, 4) is 11.5 Å². The number of ether oxygens (including phenoxy) is 1. The quantitative estimate of drug-likeness (QED) is 0.709. The lowest BCUT2D eigenvalue weighted by atomic mass is 9.92. The zero-order valence-electron chi connectivity index (χ0n) is 12.2. The van der Waals surface area contributed by atoms with Crippen LogP contribution < -0.4 is 10.1 Å². The number of phenolic OH excluding ortho intramolecular Hbond substituents is 1. The molecule has 0 amide bonds. The van der Waals surface area contributed by atoms with Gasteiger partial charge >= 0.3 is 0 Å². The largest absolute Gasteiger partial charge is 0.504 e. The summed E-state index contributed by atoms with van der Waals surface area (Å²) in [7, 11) is 0. The van der Waals surface area contributed by atoms with Crippen molar-refractivity contribution in [2.75, 3.05) is 13.2 Å². The van der Waals surface area contributed by atoms with Gasteiger partial charge in [-0.05, 0) is 25.8 Å². The van der Waals surface area contributed by atoms with E-state index in [-0.39, 0.29) is 11.7 Å². The summed E-state index contributed by atoms with van der Waals surface area (Å²) in [6.45, 7) is 9.14. The number of benzene rings is 1. The molecule has 0 saturated carbocycles. The van der Waals surface area contributed by atoms with Gasteiger partial charge in [0.05, 0.1) is 12.2 Å². The van der Waals surface area contributed by atoms with Gasteiger partial charge in [0.15, 0.2) is 11.5 Å². The molecular weight excluding hydrogens is 242 g/mol. The average molecular weight is 267 g/mol. The van der Waals surface area contributed by atoms with Crippen LogP contribution in [0.3, 0.4) is 0 Å². The van der Waals surface area contributed by atoms with Crippen LogP contribution in [0.4, 0.5) is 0 Å². The van der Waals surface area contributed by atoms with E-state index in [1.807, 2.05) is 32.9 Å². The lowest BCUT2D eigenvalue weighted by Crippen LogP contribution is -2.41. The van der Waals surface area contributed by atoms with Gasteiger partial charge in [-0.15, -0.1) is 0 Å². The molecule has 4 heteroatoms. The topological polar surface area (TPSA) is 61.7 Å². The summed E-state index contributed by atoms with van der Waals surface area (Å²) in [5, 5.41) is 23.3. The van der Waals surface area contributed by atoms with Crippen LogP contribution in [-0.2, 0) is 6.54 Å². The molecule has 0 bridgehead atoms. The van der Waals surface area contributed by atoms with Crippen molar-refractivity contribution in [1.82, 2.24) is 5.32 Å². The van der Waals surface area contributed by atoms with Crippen LogP contribution in [-0.4, -0.2) is 29.0 Å². The van der Waals surface area contributed by atoms with Gasteiger partial charge < -0.3 is 20.3 Å². The first kappa shape index (κ1) is 15.8. The van der Waals surface area contributed by atoms with Crippen molar-refractivity contribution in [3.05, 3.63) is 23.8 Å². The van der Waals surface area contributed by atoms with E-state index in [2.05, 4.69) is 5.32 Å². The maximum atomic E-state index is 10.1. The highest BCUT2D eigenvalue weighted by atomic mass is 16.5. The van der Waals surface area contributed by atoms with E-state index in [0.717, 1.165) is 5.56 Å². The van der Waals surface area contributed by atoms with Crippen LogP contribution in [0, 0.1) is 5.92 Å². The molecule has 0 aliphatic heterocycles. The van der Waals surface area contributed by atoms with Crippen molar-refractivity contribution in [2.24, 2.45) is 5.92 Å². The minimum atomic E-state index is -0.757. The first-order valence-corrected chi connectivity index (χ1v) is 6.75. The molecule has 108 valence electrons. The third kappa shape index (κ3) is 4.40. The van der Waals surface area contributed by atoms with Gasteiger partial charge in [0.1, 0.15) is 0 Å². The average Bonchev–Trinajstić information content (AvgIpc) is 2.33. The van der Waals surface area contributed by atoms with Crippen LogP contribution >= 0.6 is 0 Å². The predicted octanol–water partition coefficient (Wildman–Crippen LogP) is 2.29. The fourth-order valence-corrected chi connectivity index (χ4v) is 1.64. The van der Waals surface area contributed by atoms with Crippen molar-refractivity contribution in [3.63, 3.8) is 0 Å². The number of aromatic hydroxyl groups is 1. The van der Waals surface area contributed by atoms with Crippen LogP contribution in [0.15, 0.2) is 18.2 Å². The molecule has 0 heterocycles. The molecule has 0 aliphatic carbocycles. The Labute approximate surface area is 115 Å². The molecule has 19 heavy (non-hydrogen) atoms. The molecule has 1 atom stereocenters. The SMILES string of the molecule is CCOc1cccc(CNCC(C)(O)C(C)C)c1O. The summed E-state index contributed by atoms with van der Waals surface area (Å²) in [5.41, 5.74) is 0.0122. The molecule has 0 aliphatic rings. The standard InChI is InChI=1S/C15H25NO3/c1-5-19-13-8-6-7-12(14(13)17)9-16-10-15(4,18)11(2)3/h6-8,11,16-18H,5,9-10H2,1-4H3. The second-order valence-corrected chi connectivity index (χ2v) is 5.31. The molecule has 1 rings (SSSR count). The van der Waals surface area contributed by atoms with Gasteiger partial charge in [-0.2, -0.15) is 0 Å². The minimum Gasteiger partial charge on any atom is -0.504 e. The molecule has 0 fully saturated rings. The smallest absolute Gasteiger partial charge is 0.162 e. The number of phenols is 1. The summed E-state index contributed by atoms with van der Waals surface area (Å²) < 4.78 is 5.34. The first-order chi connectivity index (χ1) is 8.88. The van der Waals surface area contributed by atoms with Gasteiger partial charge in [0.2, 0.25) is 0 Å². The molecule has 1 aromatic rings. The molecule has 1 unspecified atom stereocenters. The Balaban J connectivity index is 2.61. The third-order valence-electron chi connectivity index (χ3n) is 3.42. The van der Waals surface area contributed by atoms with E-state index in [0.29, 0.717) is 25.4 Å². The highest BCUT2D eigenvalue weighted by molar-refractivity contribution is 5.45. The summed E-state index contributed by atoms with van der Waals surface area (Å²) in [6.07, 6.45) is 0. The fraction of sp³-hybridized carbons (Fsp3) is 0.600. The van der Waals surface area contributed by atoms with E-state index in [9.17, 15) is 10.2 Å². The van der Waals surface area contributed by atoms with Crippen molar-refractivity contribution in [2.45, 2.75) is 39.8 Å². The second-order valence-electron chi connectivity index (χ2n) is 5.31. The summed E-state index contributed by atoms with van der Waals surface area (Å²) >= 11 is 0. The van der Waals surface area contributed by atoms with Crippen LogP contribution in [0.25, 0.3) is 0 Å². The van der Waals surface area contributed by atoms with Gasteiger partial charge in [-0.1, -0.05) is 26.0 Å². The van der Waals surface area contributed by atoms with E-state index >= 15 is 0 Å². The third-order valence-corrected chi connectivity index (χ3v) is 3.42. The molecule has 0 saturated heterocycles. The van der Waals surface area contributed by atoms with E-state index in [1.54, 1.807) is 13.0 Å². The maximum Gasteiger partial charge on any atom is 0.162 e. The number of rotatable bonds is 7. The molecular formula is C15H25NO3. The second kappa shape index (κ2) is 6.78. The van der Waals surface area contributed by atoms with E-state index in [4.69, 9.17) is 4.74 Å². The normalized spacial score (nSPS) is 14.4. The van der Waals surface area contributed by atoms with Gasteiger partial charge in [0.25, 0.3) is 0 Å². The Kier molecular flexibility index (Phi) is 5.63. The highest BCUT2D eigenvalue weighted by Crippen LogP contribution is 2.29. The van der Waals surface area contributed by atoms with Crippen LogP contribution in [0.1, 0.15) is 33.3 Å². The Morgan fingerprint density at radius 1 is 1.37 bits per heavy atom. The minimum absolute atomic E-state index is 0.168. The number of aliphatic hydroxyl groups is 1.